The number of carboxylic acid groups (broad SMARTS) is 1. The fourth-order valence-electron chi connectivity index (χ4n) is 4.15. The Morgan fingerprint density at radius 1 is 0.882 bits per heavy atom. The minimum Gasteiger partial charge on any atom is -0.480 e. The fourth-order valence-corrected chi connectivity index (χ4v) is 4.15. The van der Waals surface area contributed by atoms with Crippen LogP contribution in [0, 0.1) is 0 Å². The van der Waals surface area contributed by atoms with Crippen LogP contribution >= 0.6 is 0 Å². The van der Waals surface area contributed by atoms with Gasteiger partial charge in [-0.25, -0.2) is 9.59 Å². The fraction of sp³-hybridized carbons (Fsp3) is 0.296. The van der Waals surface area contributed by atoms with E-state index in [1.54, 1.807) is 12.2 Å². The minimum absolute atomic E-state index is 0.103. The third-order valence-electron chi connectivity index (χ3n) is 5.89. The molecule has 2 amide bonds. The summed E-state index contributed by atoms with van der Waals surface area (Å²) in [6.07, 6.45) is 3.87. The van der Waals surface area contributed by atoms with Crippen molar-refractivity contribution >= 4 is 18.0 Å². The number of aliphatic carboxylic acids is 1. The van der Waals surface area contributed by atoms with Gasteiger partial charge in [0.05, 0.1) is 0 Å². The zero-order valence-electron chi connectivity index (χ0n) is 19.0. The van der Waals surface area contributed by atoms with Gasteiger partial charge >= 0.3 is 12.1 Å². The second kappa shape index (κ2) is 11.8. The molecule has 3 rings (SSSR count). The second-order valence-electron chi connectivity index (χ2n) is 8.15. The van der Waals surface area contributed by atoms with Crippen LogP contribution in [0.4, 0.5) is 4.79 Å². The van der Waals surface area contributed by atoms with Gasteiger partial charge in [0.25, 0.3) is 0 Å². The number of fused-ring (bicyclic) bond motifs is 3. The molecule has 2 aromatic rings. The molecule has 2 atom stereocenters. The number of ether oxygens (including phenoxy) is 1. The van der Waals surface area contributed by atoms with Crippen molar-refractivity contribution in [1.29, 1.82) is 0 Å². The van der Waals surface area contributed by atoms with Crippen molar-refractivity contribution in [3.63, 3.8) is 0 Å². The molecule has 1 aliphatic carbocycles. The topological polar surface area (TPSA) is 105 Å². The highest BCUT2D eigenvalue weighted by molar-refractivity contribution is 5.89. The van der Waals surface area contributed by atoms with Gasteiger partial charge < -0.3 is 20.5 Å². The van der Waals surface area contributed by atoms with Crippen LogP contribution in [0.3, 0.4) is 0 Å². The highest BCUT2D eigenvalue weighted by atomic mass is 16.5. The highest BCUT2D eigenvalue weighted by Gasteiger charge is 2.30. The van der Waals surface area contributed by atoms with Crippen molar-refractivity contribution in [1.82, 2.24) is 10.6 Å². The molecule has 0 bridgehead atoms. The van der Waals surface area contributed by atoms with Gasteiger partial charge in [0, 0.05) is 5.92 Å². The van der Waals surface area contributed by atoms with Gasteiger partial charge in [0.15, 0.2) is 0 Å². The molecule has 1 aliphatic rings. The summed E-state index contributed by atoms with van der Waals surface area (Å²) < 4.78 is 5.53. The van der Waals surface area contributed by atoms with Crippen LogP contribution in [0.25, 0.3) is 11.1 Å². The monoisotopic (exact) mass is 462 g/mol. The lowest BCUT2D eigenvalue weighted by Gasteiger charge is -2.21. The number of rotatable bonds is 12. The number of amides is 2. The maximum Gasteiger partial charge on any atom is 0.407 e. The quantitative estimate of drug-likeness (QED) is 0.406. The van der Waals surface area contributed by atoms with Crippen LogP contribution in [0.15, 0.2) is 73.8 Å². The molecule has 34 heavy (non-hydrogen) atoms. The molecule has 0 saturated heterocycles. The van der Waals surface area contributed by atoms with Crippen LogP contribution in [0.5, 0.6) is 0 Å². The summed E-state index contributed by atoms with van der Waals surface area (Å²) in [5.41, 5.74) is 4.41. The van der Waals surface area contributed by atoms with Crippen LogP contribution in [-0.4, -0.2) is 41.8 Å². The Bertz CT molecular complexity index is 1020. The molecule has 7 nitrogen and oxygen atoms in total. The molecule has 0 fully saturated rings. The van der Waals surface area contributed by atoms with Crippen molar-refractivity contribution in [2.45, 2.75) is 43.7 Å². The van der Waals surface area contributed by atoms with Crippen LogP contribution in [-0.2, 0) is 14.3 Å². The largest absolute Gasteiger partial charge is 0.480 e. The van der Waals surface area contributed by atoms with Gasteiger partial charge in [-0.1, -0.05) is 60.7 Å². The molecule has 0 aliphatic heterocycles. The van der Waals surface area contributed by atoms with E-state index in [1.807, 2.05) is 36.4 Å². The predicted octanol–water partition coefficient (Wildman–Crippen LogP) is 4.40. The molecule has 2 aromatic carbocycles. The SMILES string of the molecule is C=CCCC(NC(=O)C(CCC=C)NC(=O)OCC1c2ccccc2-c2ccccc21)C(=O)O. The summed E-state index contributed by atoms with van der Waals surface area (Å²) >= 11 is 0. The predicted molar refractivity (Wildman–Crippen MR) is 130 cm³/mol. The van der Waals surface area contributed by atoms with Gasteiger partial charge in [-0.05, 0) is 47.9 Å². The first kappa shape index (κ1) is 24.8. The zero-order chi connectivity index (χ0) is 24.5. The highest BCUT2D eigenvalue weighted by Crippen LogP contribution is 2.44. The van der Waals surface area contributed by atoms with Gasteiger partial charge in [0.1, 0.15) is 18.7 Å². The molecule has 0 aromatic heterocycles. The summed E-state index contributed by atoms with van der Waals surface area (Å²) in [4.78, 5) is 36.8. The first-order valence-corrected chi connectivity index (χ1v) is 11.3. The van der Waals surface area contributed by atoms with Crippen LogP contribution in [0.1, 0.15) is 42.7 Å². The van der Waals surface area contributed by atoms with Gasteiger partial charge in [-0.3, -0.25) is 4.79 Å². The van der Waals surface area contributed by atoms with E-state index in [-0.39, 0.29) is 25.4 Å². The lowest BCUT2D eigenvalue weighted by atomic mass is 9.98. The van der Waals surface area contributed by atoms with E-state index in [1.165, 1.54) is 0 Å². The third-order valence-corrected chi connectivity index (χ3v) is 5.89. The lowest BCUT2D eigenvalue weighted by molar-refractivity contribution is -0.142. The number of nitrogens with one attached hydrogen (secondary N) is 2. The molecule has 7 heteroatoms. The number of carbonyl (C=O) groups is 3. The minimum atomic E-state index is -1.14. The normalized spacial score (nSPS) is 13.6. The molecular formula is C27H30N2O5. The Balaban J connectivity index is 1.65. The number of hydrogen-bond donors (Lipinski definition) is 3. The average Bonchev–Trinajstić information content (AvgIpc) is 3.16. The summed E-state index contributed by atoms with van der Waals surface area (Å²) in [5.74, 6) is -1.82. The zero-order valence-corrected chi connectivity index (χ0v) is 19.0. The van der Waals surface area contributed by atoms with Crippen molar-refractivity contribution < 1.29 is 24.2 Å². The number of alkyl carbamates (subject to hydrolysis) is 1. The molecule has 0 spiro atoms. The molecule has 0 radical (unpaired) electrons. The third kappa shape index (κ3) is 5.92. The number of carboxylic acids is 1. The lowest BCUT2D eigenvalue weighted by Crippen LogP contribution is -2.51. The van der Waals surface area contributed by atoms with Crippen molar-refractivity contribution in [2.24, 2.45) is 0 Å². The van der Waals surface area contributed by atoms with Crippen molar-refractivity contribution in [3.05, 3.63) is 85.0 Å². The summed E-state index contributed by atoms with van der Waals surface area (Å²) in [5, 5.41) is 14.5. The number of allylic oxidation sites excluding steroid dienone is 2. The Kier molecular flexibility index (Phi) is 8.62. The van der Waals surface area contributed by atoms with Crippen molar-refractivity contribution in [3.8, 4) is 11.1 Å². The van der Waals surface area contributed by atoms with E-state index in [2.05, 4.69) is 35.9 Å². The van der Waals surface area contributed by atoms with Gasteiger partial charge in [-0.15, -0.1) is 13.2 Å². The maximum absolute atomic E-state index is 12.7. The standard InChI is InChI=1S/C27H30N2O5/c1-3-5-15-23(25(30)28-24(26(31)32)16-6-4-2)29-27(33)34-17-22-20-13-9-7-11-18(20)19-12-8-10-14-21(19)22/h3-4,7-14,22-24H,1-2,5-6,15-17H2,(H,28,30)(H,29,33)(H,31,32). The number of hydrogen-bond acceptors (Lipinski definition) is 4. The Morgan fingerprint density at radius 3 is 1.94 bits per heavy atom. The van der Waals surface area contributed by atoms with Crippen LogP contribution in [0.2, 0.25) is 0 Å². The van der Waals surface area contributed by atoms with Gasteiger partial charge in [-0.2, -0.15) is 0 Å². The Morgan fingerprint density at radius 2 is 1.41 bits per heavy atom. The summed E-state index contributed by atoms with van der Waals surface area (Å²) in [6.45, 7) is 7.35. The second-order valence-corrected chi connectivity index (χ2v) is 8.15. The van der Waals surface area contributed by atoms with E-state index in [0.717, 1.165) is 22.3 Å². The first-order chi connectivity index (χ1) is 16.5. The van der Waals surface area contributed by atoms with E-state index in [9.17, 15) is 19.5 Å². The summed E-state index contributed by atoms with van der Waals surface area (Å²) in [7, 11) is 0. The molecule has 0 saturated carbocycles. The maximum atomic E-state index is 12.7. The molecular weight excluding hydrogens is 432 g/mol. The molecule has 2 unspecified atom stereocenters. The summed E-state index contributed by atoms with van der Waals surface area (Å²) in [6, 6.07) is 14.0. The molecule has 0 heterocycles. The number of benzene rings is 2. The first-order valence-electron chi connectivity index (χ1n) is 11.3. The van der Waals surface area contributed by atoms with Crippen LogP contribution < -0.4 is 10.6 Å². The molecule has 3 N–H and O–H groups in total. The van der Waals surface area contributed by atoms with E-state index in [4.69, 9.17) is 4.74 Å². The van der Waals surface area contributed by atoms with Gasteiger partial charge in [0.2, 0.25) is 5.91 Å². The molecule has 178 valence electrons. The van der Waals surface area contributed by atoms with Crippen molar-refractivity contribution in [2.75, 3.05) is 6.61 Å². The average molecular weight is 463 g/mol. The Hall–Kier alpha value is -3.87. The number of carbonyl (C=O) groups excluding carboxylic acids is 2. The van der Waals surface area contributed by atoms with E-state index in [0.29, 0.717) is 12.8 Å². The van der Waals surface area contributed by atoms with E-state index < -0.39 is 30.1 Å². The van der Waals surface area contributed by atoms with E-state index >= 15 is 0 Å². The Labute approximate surface area is 199 Å². The smallest absolute Gasteiger partial charge is 0.407 e.